The zero-order valence-electron chi connectivity index (χ0n) is 16.9. The molecule has 28 heavy (non-hydrogen) atoms. The van der Waals surface area contributed by atoms with Crippen LogP contribution in [0.1, 0.15) is 19.4 Å². The van der Waals surface area contributed by atoms with Crippen LogP contribution in [-0.4, -0.2) is 70.3 Å². The number of carbonyl (C=O) groups is 1. The number of methoxy groups -OCH3 is 1. The molecule has 1 aliphatic rings. The van der Waals surface area contributed by atoms with Gasteiger partial charge in [-0.15, -0.1) is 10.2 Å². The fourth-order valence-electron chi connectivity index (χ4n) is 3.38. The van der Waals surface area contributed by atoms with Gasteiger partial charge in [-0.1, -0.05) is 35.5 Å². The molecule has 0 radical (unpaired) electrons. The number of morpholine rings is 1. The number of hydrogen-bond donors (Lipinski definition) is 0. The van der Waals surface area contributed by atoms with Gasteiger partial charge < -0.3 is 14.4 Å². The monoisotopic (exact) mass is 404 g/mol. The van der Waals surface area contributed by atoms with Gasteiger partial charge in [-0.3, -0.25) is 9.36 Å². The van der Waals surface area contributed by atoms with Crippen molar-refractivity contribution >= 4 is 17.7 Å². The highest BCUT2D eigenvalue weighted by molar-refractivity contribution is 7.99. The molecule has 0 aliphatic carbocycles. The molecule has 3 rings (SSSR count). The van der Waals surface area contributed by atoms with Crippen LogP contribution in [0, 0.1) is 6.92 Å². The van der Waals surface area contributed by atoms with E-state index >= 15 is 0 Å². The Bertz CT molecular complexity index is 800. The second kappa shape index (κ2) is 9.54. The first-order valence-corrected chi connectivity index (χ1v) is 10.5. The summed E-state index contributed by atoms with van der Waals surface area (Å²) < 4.78 is 13.0. The zero-order valence-corrected chi connectivity index (χ0v) is 17.7. The fraction of sp³-hybridized carbons (Fsp3) is 0.550. The molecule has 1 aliphatic heterocycles. The minimum absolute atomic E-state index is 0.0657. The third-order valence-corrected chi connectivity index (χ3v) is 5.56. The maximum Gasteiger partial charge on any atom is 0.233 e. The summed E-state index contributed by atoms with van der Waals surface area (Å²) in [6, 6.07) is 8.18. The van der Waals surface area contributed by atoms with Crippen LogP contribution in [0.3, 0.4) is 0 Å². The van der Waals surface area contributed by atoms with Crippen molar-refractivity contribution < 1.29 is 14.3 Å². The van der Waals surface area contributed by atoms with Crippen molar-refractivity contribution in [2.24, 2.45) is 0 Å². The highest BCUT2D eigenvalue weighted by Crippen LogP contribution is 2.25. The van der Waals surface area contributed by atoms with Crippen LogP contribution < -0.4 is 0 Å². The van der Waals surface area contributed by atoms with Crippen molar-refractivity contribution in [2.75, 3.05) is 32.6 Å². The summed E-state index contributed by atoms with van der Waals surface area (Å²) >= 11 is 1.42. The number of aryl methyl sites for hydroxylation is 1. The van der Waals surface area contributed by atoms with Crippen LogP contribution in [0.4, 0.5) is 0 Å². The van der Waals surface area contributed by atoms with Gasteiger partial charge >= 0.3 is 0 Å². The Labute approximate surface area is 170 Å². The van der Waals surface area contributed by atoms with Crippen molar-refractivity contribution in [3.63, 3.8) is 0 Å². The summed E-state index contributed by atoms with van der Waals surface area (Å²) in [5.74, 6) is 1.23. The van der Waals surface area contributed by atoms with E-state index in [9.17, 15) is 4.79 Å². The van der Waals surface area contributed by atoms with E-state index in [1.54, 1.807) is 7.11 Å². The lowest BCUT2D eigenvalue weighted by Gasteiger charge is -2.35. The number of benzene rings is 1. The van der Waals surface area contributed by atoms with Crippen LogP contribution >= 0.6 is 11.8 Å². The Morgan fingerprint density at radius 2 is 2.04 bits per heavy atom. The first kappa shape index (κ1) is 20.8. The third-order valence-electron chi connectivity index (χ3n) is 4.61. The summed E-state index contributed by atoms with van der Waals surface area (Å²) in [7, 11) is 1.67. The van der Waals surface area contributed by atoms with Crippen LogP contribution in [0.2, 0.25) is 0 Å². The summed E-state index contributed by atoms with van der Waals surface area (Å²) in [6.45, 7) is 8.50. The van der Waals surface area contributed by atoms with Crippen molar-refractivity contribution in [1.82, 2.24) is 19.7 Å². The van der Waals surface area contributed by atoms with Crippen LogP contribution in [0.15, 0.2) is 29.4 Å². The summed E-state index contributed by atoms with van der Waals surface area (Å²) in [5, 5.41) is 9.47. The number of rotatable bonds is 7. The molecule has 8 heteroatoms. The molecule has 7 nitrogen and oxygen atoms in total. The number of nitrogens with zero attached hydrogens (tertiary/aromatic N) is 4. The van der Waals surface area contributed by atoms with E-state index in [1.165, 1.54) is 17.3 Å². The lowest BCUT2D eigenvalue weighted by molar-refractivity contribution is -0.140. The molecule has 152 valence electrons. The quantitative estimate of drug-likeness (QED) is 0.661. The highest BCUT2D eigenvalue weighted by atomic mass is 32.2. The SMILES string of the molecule is COCCn1c(SCC(=O)N2CC(C)OC(C)C2)nnc1-c1cccc(C)c1. The summed E-state index contributed by atoms with van der Waals surface area (Å²) in [6.07, 6.45) is 0.131. The van der Waals surface area contributed by atoms with Crippen molar-refractivity contribution in [1.29, 1.82) is 0 Å². The zero-order chi connectivity index (χ0) is 20.1. The molecule has 2 heterocycles. The van der Waals surface area contributed by atoms with E-state index in [-0.39, 0.29) is 18.1 Å². The molecule has 2 atom stereocenters. The molecule has 1 fully saturated rings. The third kappa shape index (κ3) is 5.12. The normalized spacial score (nSPS) is 19.8. The number of aromatic nitrogens is 3. The van der Waals surface area contributed by atoms with Crippen LogP contribution in [0.25, 0.3) is 11.4 Å². The Kier molecular flexibility index (Phi) is 7.09. The number of carbonyl (C=O) groups excluding carboxylic acids is 1. The predicted molar refractivity (Wildman–Crippen MR) is 109 cm³/mol. The average Bonchev–Trinajstić information content (AvgIpc) is 3.06. The van der Waals surface area contributed by atoms with Crippen LogP contribution in [-0.2, 0) is 20.8 Å². The van der Waals surface area contributed by atoms with E-state index < -0.39 is 0 Å². The average molecular weight is 405 g/mol. The van der Waals surface area contributed by atoms with Gasteiger partial charge in [0.15, 0.2) is 11.0 Å². The molecule has 0 saturated carbocycles. The van der Waals surface area contributed by atoms with Crippen molar-refractivity contribution in [3.8, 4) is 11.4 Å². The van der Waals surface area contributed by atoms with E-state index in [0.29, 0.717) is 32.0 Å². The van der Waals surface area contributed by atoms with Gasteiger partial charge in [0, 0.05) is 25.8 Å². The van der Waals surface area contributed by atoms with E-state index in [1.807, 2.05) is 35.4 Å². The topological polar surface area (TPSA) is 69.5 Å². The minimum atomic E-state index is 0.0657. The maximum absolute atomic E-state index is 12.7. The first-order chi connectivity index (χ1) is 13.5. The molecule has 1 aromatic carbocycles. The summed E-state index contributed by atoms with van der Waals surface area (Å²) in [4.78, 5) is 14.6. The first-order valence-electron chi connectivity index (χ1n) is 9.53. The van der Waals surface area contributed by atoms with Crippen LogP contribution in [0.5, 0.6) is 0 Å². The molecule has 2 aromatic rings. The highest BCUT2D eigenvalue weighted by Gasteiger charge is 2.26. The van der Waals surface area contributed by atoms with Gasteiger partial charge in [-0.2, -0.15) is 0 Å². The molecule has 2 unspecified atom stereocenters. The lowest BCUT2D eigenvalue weighted by Crippen LogP contribution is -2.48. The standard InChI is InChI=1S/C20H28N4O3S/c1-14-6-5-7-17(10-14)19-21-22-20(24(19)8-9-26-4)28-13-18(25)23-11-15(2)27-16(3)12-23/h5-7,10,15-16H,8-9,11-13H2,1-4H3. The second-order valence-corrected chi connectivity index (χ2v) is 8.11. The Hall–Kier alpha value is -1.90. The Morgan fingerprint density at radius 3 is 2.71 bits per heavy atom. The predicted octanol–water partition coefficient (Wildman–Crippen LogP) is 2.63. The van der Waals surface area contributed by atoms with Crippen molar-refractivity contribution in [2.45, 2.75) is 44.7 Å². The molecule has 1 saturated heterocycles. The van der Waals surface area contributed by atoms with Gasteiger partial charge in [0.2, 0.25) is 5.91 Å². The molecule has 0 bridgehead atoms. The lowest BCUT2D eigenvalue weighted by atomic mass is 10.1. The molecular formula is C20H28N4O3S. The maximum atomic E-state index is 12.7. The van der Waals surface area contributed by atoms with E-state index in [0.717, 1.165) is 16.5 Å². The Morgan fingerprint density at radius 1 is 1.29 bits per heavy atom. The fourth-order valence-corrected chi connectivity index (χ4v) is 4.24. The van der Waals surface area contributed by atoms with Gasteiger partial charge in [-0.25, -0.2) is 0 Å². The van der Waals surface area contributed by atoms with Gasteiger partial charge in [0.25, 0.3) is 0 Å². The van der Waals surface area contributed by atoms with Gasteiger partial charge in [0.05, 0.1) is 31.1 Å². The minimum Gasteiger partial charge on any atom is -0.383 e. The van der Waals surface area contributed by atoms with Crippen molar-refractivity contribution in [3.05, 3.63) is 29.8 Å². The molecule has 1 aromatic heterocycles. The number of hydrogen-bond acceptors (Lipinski definition) is 6. The van der Waals surface area contributed by atoms with E-state index in [4.69, 9.17) is 9.47 Å². The molecule has 1 amide bonds. The number of thioether (sulfide) groups is 1. The largest absolute Gasteiger partial charge is 0.383 e. The smallest absolute Gasteiger partial charge is 0.233 e. The molecule has 0 spiro atoms. The summed E-state index contributed by atoms with van der Waals surface area (Å²) in [5.41, 5.74) is 2.18. The van der Waals surface area contributed by atoms with E-state index in [2.05, 4.69) is 29.3 Å². The second-order valence-electron chi connectivity index (χ2n) is 7.16. The molecule has 0 N–H and O–H groups in total. The molecular weight excluding hydrogens is 376 g/mol. The van der Waals surface area contributed by atoms with Gasteiger partial charge in [0.1, 0.15) is 0 Å². The number of ether oxygens (including phenoxy) is 2. The van der Waals surface area contributed by atoms with Gasteiger partial charge in [-0.05, 0) is 26.8 Å². The Balaban J connectivity index is 1.73. The number of amides is 1.